The molecule has 0 saturated carbocycles. The van der Waals surface area contributed by atoms with Crippen LogP contribution < -0.4 is 10.2 Å². The molecule has 0 radical (unpaired) electrons. The van der Waals surface area contributed by atoms with Gasteiger partial charge in [-0.05, 0) is 18.6 Å². The Balaban J connectivity index is 3.16. The van der Waals surface area contributed by atoms with Crippen LogP contribution in [0.5, 0.6) is 0 Å². The van der Waals surface area contributed by atoms with Crippen molar-refractivity contribution in [3.05, 3.63) is 23.8 Å². The molecule has 17 heavy (non-hydrogen) atoms. The molecule has 5 nitrogen and oxygen atoms in total. The van der Waals surface area contributed by atoms with Gasteiger partial charge >= 0.3 is 5.97 Å². The molecule has 0 aliphatic heterocycles. The fourth-order valence-electron chi connectivity index (χ4n) is 1.32. The Bertz CT molecular complexity index is 527. The first-order valence-corrected chi connectivity index (χ1v) is 6.70. The summed E-state index contributed by atoms with van der Waals surface area (Å²) in [5.74, 6) is -1.13. The van der Waals surface area contributed by atoms with Crippen LogP contribution in [0.1, 0.15) is 23.7 Å². The van der Waals surface area contributed by atoms with Crippen LogP contribution in [-0.4, -0.2) is 33.9 Å². The van der Waals surface area contributed by atoms with Gasteiger partial charge in [-0.15, -0.1) is 0 Å². The Kier molecular flexibility index (Phi) is 4.30. The van der Waals surface area contributed by atoms with Crippen LogP contribution in [0.15, 0.2) is 23.1 Å². The van der Waals surface area contributed by atoms with Crippen molar-refractivity contribution in [2.24, 2.45) is 0 Å². The third-order valence-electron chi connectivity index (χ3n) is 2.29. The standard InChI is InChI=1S/C10H14BNO4S/c1-2-5-12-17(15,16)7-3-4-9(11)8(6-7)10(13)14/h3-4,6,12H,2,5,11H2,1H3,(H,13,14). The van der Waals surface area contributed by atoms with Crippen molar-refractivity contribution >= 4 is 29.3 Å². The van der Waals surface area contributed by atoms with E-state index in [2.05, 4.69) is 4.72 Å². The molecule has 0 amide bonds. The van der Waals surface area contributed by atoms with Crippen LogP contribution in [0.3, 0.4) is 0 Å². The molecule has 1 rings (SSSR count). The summed E-state index contributed by atoms with van der Waals surface area (Å²) in [6.07, 6.45) is 0.677. The lowest BCUT2D eigenvalue weighted by molar-refractivity contribution is 0.0698. The Morgan fingerprint density at radius 1 is 1.47 bits per heavy atom. The van der Waals surface area contributed by atoms with Gasteiger partial charge in [-0.2, -0.15) is 0 Å². The van der Waals surface area contributed by atoms with Crippen LogP contribution >= 0.6 is 0 Å². The van der Waals surface area contributed by atoms with Gasteiger partial charge in [-0.25, -0.2) is 17.9 Å². The van der Waals surface area contributed by atoms with Gasteiger partial charge in [0.05, 0.1) is 10.5 Å². The predicted molar refractivity (Wildman–Crippen MR) is 67.1 cm³/mol. The highest BCUT2D eigenvalue weighted by molar-refractivity contribution is 7.89. The second-order valence-electron chi connectivity index (χ2n) is 3.68. The minimum Gasteiger partial charge on any atom is -0.478 e. The summed E-state index contributed by atoms with van der Waals surface area (Å²) >= 11 is 0. The number of carboxylic acids is 1. The first-order valence-electron chi connectivity index (χ1n) is 5.22. The first-order chi connectivity index (χ1) is 7.88. The quantitative estimate of drug-likeness (QED) is 0.683. The van der Waals surface area contributed by atoms with Crippen molar-refractivity contribution < 1.29 is 18.3 Å². The molecule has 0 fully saturated rings. The van der Waals surface area contributed by atoms with Crippen LogP contribution in [-0.2, 0) is 10.0 Å². The lowest BCUT2D eigenvalue weighted by Gasteiger charge is -2.07. The molecular formula is C10H14BNO4S. The van der Waals surface area contributed by atoms with Crippen molar-refractivity contribution in [2.75, 3.05) is 6.54 Å². The molecule has 0 unspecified atom stereocenters. The molecule has 0 aliphatic carbocycles. The zero-order valence-electron chi connectivity index (χ0n) is 9.73. The van der Waals surface area contributed by atoms with Gasteiger partial charge in [0.15, 0.2) is 0 Å². The van der Waals surface area contributed by atoms with E-state index in [4.69, 9.17) is 5.11 Å². The third kappa shape index (κ3) is 3.31. The highest BCUT2D eigenvalue weighted by Crippen LogP contribution is 2.09. The number of rotatable bonds is 5. The summed E-state index contributed by atoms with van der Waals surface area (Å²) < 4.78 is 25.9. The number of hydrogen-bond donors (Lipinski definition) is 2. The second kappa shape index (κ2) is 5.33. The van der Waals surface area contributed by atoms with Crippen molar-refractivity contribution in [1.82, 2.24) is 4.72 Å². The molecule has 7 heteroatoms. The summed E-state index contributed by atoms with van der Waals surface area (Å²) in [4.78, 5) is 10.9. The van der Waals surface area contributed by atoms with Crippen molar-refractivity contribution in [1.29, 1.82) is 0 Å². The summed E-state index contributed by atoms with van der Waals surface area (Å²) in [7, 11) is -1.98. The van der Waals surface area contributed by atoms with E-state index in [0.29, 0.717) is 18.4 Å². The number of carbonyl (C=O) groups is 1. The molecule has 0 spiro atoms. The SMILES string of the molecule is Bc1ccc(S(=O)(=O)NCCC)cc1C(=O)O. The van der Waals surface area contributed by atoms with E-state index in [1.54, 1.807) is 7.85 Å². The molecular weight excluding hydrogens is 241 g/mol. The molecule has 0 atom stereocenters. The largest absolute Gasteiger partial charge is 0.478 e. The molecule has 0 bridgehead atoms. The Hall–Kier alpha value is -1.34. The smallest absolute Gasteiger partial charge is 0.335 e. The lowest BCUT2D eigenvalue weighted by Crippen LogP contribution is -2.26. The molecule has 1 aromatic carbocycles. The first kappa shape index (κ1) is 13.7. The number of sulfonamides is 1. The topological polar surface area (TPSA) is 83.5 Å². The molecule has 0 aromatic heterocycles. The zero-order chi connectivity index (χ0) is 13.1. The summed E-state index contributed by atoms with van der Waals surface area (Å²) in [6.45, 7) is 2.18. The van der Waals surface area contributed by atoms with Gasteiger partial charge in [0.1, 0.15) is 7.85 Å². The van der Waals surface area contributed by atoms with Gasteiger partial charge in [-0.3, -0.25) is 0 Å². The van der Waals surface area contributed by atoms with Crippen molar-refractivity contribution in [3.63, 3.8) is 0 Å². The molecule has 92 valence electrons. The minimum atomic E-state index is -3.61. The Labute approximate surface area is 101 Å². The van der Waals surface area contributed by atoms with E-state index in [9.17, 15) is 13.2 Å². The van der Waals surface area contributed by atoms with E-state index in [1.165, 1.54) is 18.2 Å². The highest BCUT2D eigenvalue weighted by Gasteiger charge is 2.16. The number of carboxylic acid groups (broad SMARTS) is 1. The van der Waals surface area contributed by atoms with Crippen LogP contribution in [0.4, 0.5) is 0 Å². The average Bonchev–Trinajstić information content (AvgIpc) is 2.26. The molecule has 0 saturated heterocycles. The van der Waals surface area contributed by atoms with Crippen molar-refractivity contribution in [3.8, 4) is 0 Å². The fraction of sp³-hybridized carbons (Fsp3) is 0.300. The monoisotopic (exact) mass is 255 g/mol. The van der Waals surface area contributed by atoms with Gasteiger partial charge in [0.25, 0.3) is 0 Å². The lowest BCUT2D eigenvalue weighted by atomic mass is 9.91. The molecule has 1 aromatic rings. The van der Waals surface area contributed by atoms with Gasteiger partial charge in [0.2, 0.25) is 10.0 Å². The number of benzene rings is 1. The van der Waals surface area contributed by atoms with Gasteiger partial charge in [0, 0.05) is 6.54 Å². The fourth-order valence-corrected chi connectivity index (χ4v) is 2.48. The number of nitrogens with one attached hydrogen (secondary N) is 1. The second-order valence-corrected chi connectivity index (χ2v) is 5.45. The normalized spacial score (nSPS) is 11.4. The Morgan fingerprint density at radius 2 is 2.12 bits per heavy atom. The van der Waals surface area contributed by atoms with Crippen LogP contribution in [0.2, 0.25) is 0 Å². The Morgan fingerprint density at radius 3 is 2.65 bits per heavy atom. The van der Waals surface area contributed by atoms with E-state index < -0.39 is 16.0 Å². The highest BCUT2D eigenvalue weighted by atomic mass is 32.2. The summed E-state index contributed by atoms with van der Waals surface area (Å²) in [6, 6.07) is 4.07. The number of hydrogen-bond acceptors (Lipinski definition) is 3. The van der Waals surface area contributed by atoms with Gasteiger partial charge < -0.3 is 5.11 Å². The maximum atomic E-state index is 11.8. The molecule has 2 N–H and O–H groups in total. The summed E-state index contributed by atoms with van der Waals surface area (Å²) in [5, 5.41) is 8.92. The van der Waals surface area contributed by atoms with Crippen molar-refractivity contribution in [2.45, 2.75) is 18.2 Å². The maximum Gasteiger partial charge on any atom is 0.335 e. The minimum absolute atomic E-state index is 0.00405. The zero-order valence-corrected chi connectivity index (χ0v) is 10.5. The van der Waals surface area contributed by atoms with E-state index >= 15 is 0 Å². The molecule has 0 heterocycles. The van der Waals surface area contributed by atoms with Crippen LogP contribution in [0.25, 0.3) is 0 Å². The van der Waals surface area contributed by atoms with E-state index in [0.717, 1.165) is 0 Å². The van der Waals surface area contributed by atoms with E-state index in [-0.39, 0.29) is 10.5 Å². The maximum absolute atomic E-state index is 11.8. The summed E-state index contributed by atoms with van der Waals surface area (Å²) in [5.41, 5.74) is 0.538. The van der Waals surface area contributed by atoms with Gasteiger partial charge in [-0.1, -0.05) is 18.5 Å². The number of aromatic carboxylic acids is 1. The average molecular weight is 255 g/mol. The van der Waals surface area contributed by atoms with Crippen LogP contribution in [0, 0.1) is 0 Å². The predicted octanol–water partition coefficient (Wildman–Crippen LogP) is -0.668. The molecule has 0 aliphatic rings. The van der Waals surface area contributed by atoms with E-state index in [1.807, 2.05) is 6.92 Å². The third-order valence-corrected chi connectivity index (χ3v) is 3.75.